The number of hydrogen-bond acceptors (Lipinski definition) is 4. The lowest BCUT2D eigenvalue weighted by Gasteiger charge is -2.22. The lowest BCUT2D eigenvalue weighted by molar-refractivity contribution is 0.623. The third-order valence-electron chi connectivity index (χ3n) is 3.60. The van der Waals surface area contributed by atoms with Crippen molar-refractivity contribution < 1.29 is 0 Å². The van der Waals surface area contributed by atoms with Gasteiger partial charge >= 0.3 is 0 Å². The highest BCUT2D eigenvalue weighted by Crippen LogP contribution is 2.28. The predicted molar refractivity (Wildman–Crippen MR) is 94.2 cm³/mol. The van der Waals surface area contributed by atoms with E-state index in [1.54, 1.807) is 12.4 Å². The van der Waals surface area contributed by atoms with Gasteiger partial charge in [-0.05, 0) is 37.6 Å². The van der Waals surface area contributed by atoms with Crippen LogP contribution in [0.2, 0.25) is 0 Å². The van der Waals surface area contributed by atoms with Gasteiger partial charge in [0.1, 0.15) is 5.03 Å². The van der Waals surface area contributed by atoms with E-state index >= 15 is 0 Å². The molecule has 21 heavy (non-hydrogen) atoms. The summed E-state index contributed by atoms with van der Waals surface area (Å²) in [6, 6.07) is 0.375. The summed E-state index contributed by atoms with van der Waals surface area (Å²) in [6.07, 6.45) is 12.2. The molecule has 118 valence electrons. The Morgan fingerprint density at radius 2 is 2.05 bits per heavy atom. The molecule has 0 amide bonds. The summed E-state index contributed by atoms with van der Waals surface area (Å²) in [6.45, 7) is 5.51. The van der Waals surface area contributed by atoms with E-state index in [1.165, 1.54) is 31.3 Å². The van der Waals surface area contributed by atoms with Crippen LogP contribution in [0.4, 0.5) is 0 Å². The van der Waals surface area contributed by atoms with Crippen molar-refractivity contribution in [2.75, 3.05) is 12.3 Å². The molecule has 0 spiro atoms. The lowest BCUT2D eigenvalue weighted by atomic mass is 10.0. The van der Waals surface area contributed by atoms with Gasteiger partial charge in [0.25, 0.3) is 0 Å². The van der Waals surface area contributed by atoms with Crippen LogP contribution in [0.3, 0.4) is 0 Å². The first-order valence-electron chi connectivity index (χ1n) is 7.70. The zero-order chi connectivity index (χ0) is 14.2. The molecule has 0 fully saturated rings. The van der Waals surface area contributed by atoms with Crippen molar-refractivity contribution in [3.63, 3.8) is 0 Å². The minimum Gasteiger partial charge on any atom is -0.310 e. The predicted octanol–water partition coefficient (Wildman–Crippen LogP) is 4.34. The van der Waals surface area contributed by atoms with Crippen molar-refractivity contribution in [3.05, 3.63) is 24.2 Å². The van der Waals surface area contributed by atoms with Crippen molar-refractivity contribution in [3.8, 4) is 0 Å². The van der Waals surface area contributed by atoms with Gasteiger partial charge in [-0.1, -0.05) is 32.3 Å². The maximum absolute atomic E-state index is 4.58. The monoisotopic (exact) mass is 327 g/mol. The Labute approximate surface area is 138 Å². The van der Waals surface area contributed by atoms with Crippen LogP contribution >= 0.6 is 24.2 Å². The molecule has 3 nitrogen and oxygen atoms in total. The Hall–Kier alpha value is -0.580. The fraction of sp³-hybridized carbons (Fsp3) is 0.625. The van der Waals surface area contributed by atoms with Crippen LogP contribution in [0.5, 0.6) is 0 Å². The van der Waals surface area contributed by atoms with Gasteiger partial charge in [0.05, 0.1) is 5.69 Å². The number of thioether (sulfide) groups is 1. The van der Waals surface area contributed by atoms with Crippen LogP contribution in [0.25, 0.3) is 5.57 Å². The summed E-state index contributed by atoms with van der Waals surface area (Å²) >= 11 is 1.85. The highest BCUT2D eigenvalue weighted by molar-refractivity contribution is 7.99. The fourth-order valence-corrected chi connectivity index (χ4v) is 3.43. The first kappa shape index (κ1) is 18.5. The summed E-state index contributed by atoms with van der Waals surface area (Å²) in [4.78, 5) is 9.11. The zero-order valence-electron chi connectivity index (χ0n) is 13.0. The highest BCUT2D eigenvalue weighted by Gasteiger charge is 2.18. The number of aromatic nitrogens is 2. The average Bonchev–Trinajstić information content (AvgIpc) is 2.48. The Morgan fingerprint density at radius 1 is 1.24 bits per heavy atom. The van der Waals surface area contributed by atoms with Crippen molar-refractivity contribution >= 4 is 29.7 Å². The lowest BCUT2D eigenvalue weighted by Crippen LogP contribution is -2.31. The van der Waals surface area contributed by atoms with Crippen molar-refractivity contribution in [1.82, 2.24) is 15.3 Å². The molecule has 1 aliphatic heterocycles. The van der Waals surface area contributed by atoms with Crippen molar-refractivity contribution in [2.45, 2.75) is 57.0 Å². The Morgan fingerprint density at radius 3 is 2.81 bits per heavy atom. The molecule has 5 heteroatoms. The molecular weight excluding hydrogens is 302 g/mol. The second kappa shape index (κ2) is 10.2. The number of nitrogens with one attached hydrogen (secondary N) is 1. The summed E-state index contributed by atoms with van der Waals surface area (Å²) in [5.74, 6) is 1.14. The number of rotatable bonds is 7. The van der Waals surface area contributed by atoms with Crippen LogP contribution in [-0.4, -0.2) is 28.3 Å². The molecule has 1 aromatic heterocycles. The van der Waals surface area contributed by atoms with E-state index in [2.05, 4.69) is 35.2 Å². The number of nitrogens with zero attached hydrogens (tertiary/aromatic N) is 2. The number of hydrogen-bond donors (Lipinski definition) is 1. The first-order valence-corrected chi connectivity index (χ1v) is 8.69. The van der Waals surface area contributed by atoms with E-state index in [1.807, 2.05) is 11.8 Å². The molecule has 1 aliphatic rings. The molecule has 2 rings (SSSR count). The van der Waals surface area contributed by atoms with E-state index in [9.17, 15) is 0 Å². The highest BCUT2D eigenvalue weighted by atomic mass is 35.5. The van der Waals surface area contributed by atoms with Crippen LogP contribution in [0.15, 0.2) is 23.5 Å². The molecule has 1 aromatic rings. The second-order valence-electron chi connectivity index (χ2n) is 5.24. The van der Waals surface area contributed by atoms with Gasteiger partial charge in [-0.25, -0.2) is 4.98 Å². The van der Waals surface area contributed by atoms with Crippen LogP contribution in [-0.2, 0) is 0 Å². The summed E-state index contributed by atoms with van der Waals surface area (Å²) in [5.41, 5.74) is 2.38. The summed E-state index contributed by atoms with van der Waals surface area (Å²) in [7, 11) is 0. The molecule has 2 heterocycles. The minimum atomic E-state index is 0. The molecule has 1 N–H and O–H groups in total. The Balaban J connectivity index is 0.00000220. The summed E-state index contributed by atoms with van der Waals surface area (Å²) < 4.78 is 0. The topological polar surface area (TPSA) is 37.8 Å². The number of halogens is 1. The quantitative estimate of drug-likeness (QED) is 0.597. The molecule has 0 saturated heterocycles. The minimum absolute atomic E-state index is 0. The fourth-order valence-electron chi connectivity index (χ4n) is 2.44. The molecule has 0 aromatic carbocycles. The summed E-state index contributed by atoms with van der Waals surface area (Å²) in [5, 5.41) is 4.59. The second-order valence-corrected chi connectivity index (χ2v) is 6.33. The van der Waals surface area contributed by atoms with Crippen LogP contribution in [0.1, 0.15) is 51.6 Å². The number of unbranched alkanes of at least 4 members (excludes halogenated alkanes) is 3. The maximum atomic E-state index is 4.58. The molecular formula is C16H26ClN3S. The van der Waals surface area contributed by atoms with Gasteiger partial charge in [-0.2, -0.15) is 0 Å². The van der Waals surface area contributed by atoms with Gasteiger partial charge in [-0.15, -0.1) is 24.2 Å². The van der Waals surface area contributed by atoms with Gasteiger partial charge < -0.3 is 5.32 Å². The van der Waals surface area contributed by atoms with E-state index < -0.39 is 0 Å². The molecule has 1 unspecified atom stereocenters. The van der Waals surface area contributed by atoms with Crippen LogP contribution < -0.4 is 5.32 Å². The molecule has 0 radical (unpaired) electrons. The maximum Gasteiger partial charge on any atom is 0.122 e. The van der Waals surface area contributed by atoms with Gasteiger partial charge in [0.2, 0.25) is 0 Å². The molecule has 0 bridgehead atoms. The standard InChI is InChI=1S/C16H25N3S.ClH/c1-3-4-5-6-12-20-16-15(18-10-11-19-16)14-8-7-9-17-13(14)2;/h8,10-11,13,17H,3-7,9,12H2,1-2H3;1H. The Bertz CT molecular complexity index is 451. The zero-order valence-corrected chi connectivity index (χ0v) is 14.6. The molecule has 0 aliphatic carbocycles. The molecule has 0 saturated carbocycles. The van der Waals surface area contributed by atoms with E-state index in [0.29, 0.717) is 6.04 Å². The first-order chi connectivity index (χ1) is 9.83. The Kier molecular flexibility index (Phi) is 8.97. The van der Waals surface area contributed by atoms with Gasteiger partial charge in [0, 0.05) is 18.4 Å². The third kappa shape index (κ3) is 5.61. The van der Waals surface area contributed by atoms with Crippen molar-refractivity contribution in [2.24, 2.45) is 0 Å². The average molecular weight is 328 g/mol. The van der Waals surface area contributed by atoms with Crippen molar-refractivity contribution in [1.29, 1.82) is 0 Å². The van der Waals surface area contributed by atoms with E-state index in [-0.39, 0.29) is 12.4 Å². The van der Waals surface area contributed by atoms with Gasteiger partial charge in [-0.3, -0.25) is 4.98 Å². The smallest absolute Gasteiger partial charge is 0.122 e. The SMILES string of the molecule is CCCCCCSc1nccnc1C1=CCCNC1C.Cl. The largest absolute Gasteiger partial charge is 0.310 e. The van der Waals surface area contributed by atoms with Gasteiger partial charge in [0.15, 0.2) is 0 Å². The third-order valence-corrected chi connectivity index (χ3v) is 4.67. The normalized spacial score (nSPS) is 18.0. The van der Waals surface area contributed by atoms with E-state index in [0.717, 1.165) is 29.4 Å². The van der Waals surface area contributed by atoms with E-state index in [4.69, 9.17) is 0 Å². The van der Waals surface area contributed by atoms with Crippen LogP contribution in [0, 0.1) is 0 Å². The molecule has 1 atom stereocenters.